The summed E-state index contributed by atoms with van der Waals surface area (Å²) in [5.41, 5.74) is 1.98. The summed E-state index contributed by atoms with van der Waals surface area (Å²) in [6, 6.07) is 20.7. The fourth-order valence-electron chi connectivity index (χ4n) is 3.84. The smallest absolute Gasteiger partial charge is 0.257 e. The number of amides is 1. The first-order valence-corrected chi connectivity index (χ1v) is 11.0. The Balaban J connectivity index is 1.57. The molecule has 0 spiro atoms. The first-order chi connectivity index (χ1) is 16.6. The number of aliphatic imine (C=N–C) groups is 1. The molecular weight excluding hydrogens is 435 g/mol. The number of rotatable bonds is 5. The molecule has 0 saturated carbocycles. The van der Waals surface area contributed by atoms with Crippen molar-refractivity contribution in [3.63, 3.8) is 0 Å². The number of nitrogens with zero attached hydrogens (tertiary/aromatic N) is 3. The lowest BCUT2D eigenvalue weighted by Crippen LogP contribution is -2.53. The predicted molar refractivity (Wildman–Crippen MR) is 131 cm³/mol. The van der Waals surface area contributed by atoms with Crippen LogP contribution in [0.15, 0.2) is 77.8 Å². The van der Waals surface area contributed by atoms with Gasteiger partial charge in [-0.2, -0.15) is 0 Å². The summed E-state index contributed by atoms with van der Waals surface area (Å²) >= 11 is 0. The van der Waals surface area contributed by atoms with Crippen LogP contribution in [0.3, 0.4) is 0 Å². The molecule has 0 radical (unpaired) electrons. The maximum Gasteiger partial charge on any atom is 0.257 e. The van der Waals surface area contributed by atoms with E-state index in [-0.39, 0.29) is 5.91 Å². The number of benzene rings is 3. The summed E-state index contributed by atoms with van der Waals surface area (Å²) in [4.78, 5) is 21.9. The number of anilines is 1. The Morgan fingerprint density at radius 1 is 0.853 bits per heavy atom. The Labute approximate surface area is 198 Å². The molecule has 1 amide bonds. The van der Waals surface area contributed by atoms with Crippen LogP contribution in [0.5, 0.6) is 11.5 Å². The number of carbonyl (C=O) groups is 1. The maximum atomic E-state index is 13.3. The molecule has 3 aromatic carbocycles. The van der Waals surface area contributed by atoms with Crippen molar-refractivity contribution >= 4 is 23.2 Å². The lowest BCUT2D eigenvalue weighted by Gasteiger charge is -2.38. The second kappa shape index (κ2) is 10.7. The lowest BCUT2D eigenvalue weighted by atomic mass is 10.2. The third kappa shape index (κ3) is 5.28. The Hall–Kier alpha value is -4.07. The number of para-hydroxylation sites is 4. The number of halogens is 1. The zero-order chi connectivity index (χ0) is 23.9. The van der Waals surface area contributed by atoms with E-state index in [2.05, 4.69) is 10.2 Å². The van der Waals surface area contributed by atoms with Gasteiger partial charge in [0.15, 0.2) is 0 Å². The number of carbonyl (C=O) groups excluding carboxylic acids is 1. The van der Waals surface area contributed by atoms with E-state index < -0.39 is 5.82 Å². The van der Waals surface area contributed by atoms with Gasteiger partial charge in [-0.05, 0) is 48.5 Å². The summed E-state index contributed by atoms with van der Waals surface area (Å²) in [7, 11) is 3.25. The van der Waals surface area contributed by atoms with E-state index in [9.17, 15) is 9.18 Å². The highest BCUT2D eigenvalue weighted by Crippen LogP contribution is 2.29. The van der Waals surface area contributed by atoms with Gasteiger partial charge < -0.3 is 19.3 Å². The monoisotopic (exact) mass is 462 g/mol. The Bertz CT molecular complexity index is 1160. The van der Waals surface area contributed by atoms with Crippen LogP contribution in [0.2, 0.25) is 0 Å². The highest BCUT2D eigenvalue weighted by atomic mass is 19.1. The first kappa shape index (κ1) is 23.1. The summed E-state index contributed by atoms with van der Waals surface area (Å²) in [6.45, 7) is 2.71. The lowest BCUT2D eigenvalue weighted by molar-refractivity contribution is 0.0971. The fraction of sp³-hybridized carbons (Fsp3) is 0.231. The highest BCUT2D eigenvalue weighted by molar-refractivity contribution is 6.06. The normalized spacial score (nSPS) is 14.0. The van der Waals surface area contributed by atoms with E-state index in [1.807, 2.05) is 53.4 Å². The highest BCUT2D eigenvalue weighted by Gasteiger charge is 2.24. The standard InChI is InChI=1S/C26H27FN4O3/c1-33-23-9-5-3-7-21(23)28-26(29-25(32)19-11-13-20(27)14-12-19)31-17-15-30(16-18-31)22-8-4-6-10-24(22)34-2/h3-14H,15-18H2,1-2H3,(H,28,29,32). The zero-order valence-corrected chi connectivity index (χ0v) is 19.2. The molecule has 0 atom stereocenters. The average molecular weight is 463 g/mol. The molecule has 8 heteroatoms. The van der Waals surface area contributed by atoms with Crippen molar-refractivity contribution in [1.29, 1.82) is 0 Å². The molecular formula is C26H27FN4O3. The molecule has 0 unspecified atom stereocenters. The minimum atomic E-state index is -0.396. The SMILES string of the molecule is COc1ccccc1N=C(NC(=O)c1ccc(F)cc1)N1CCN(c2ccccc2OC)CC1. The minimum absolute atomic E-state index is 0.349. The molecule has 1 aliphatic rings. The number of hydrogen-bond donors (Lipinski definition) is 1. The van der Waals surface area contributed by atoms with Crippen LogP contribution in [0.4, 0.5) is 15.8 Å². The summed E-state index contributed by atoms with van der Waals surface area (Å²) in [5, 5.41) is 2.92. The molecule has 7 nitrogen and oxygen atoms in total. The van der Waals surface area contributed by atoms with Gasteiger partial charge in [0.05, 0.1) is 19.9 Å². The van der Waals surface area contributed by atoms with Crippen LogP contribution in [0.25, 0.3) is 0 Å². The molecule has 4 rings (SSSR count). The molecule has 1 fully saturated rings. The van der Waals surface area contributed by atoms with E-state index in [1.165, 1.54) is 24.3 Å². The number of hydrogen-bond acceptors (Lipinski definition) is 5. The zero-order valence-electron chi connectivity index (χ0n) is 19.2. The van der Waals surface area contributed by atoms with E-state index in [0.29, 0.717) is 36.0 Å². The minimum Gasteiger partial charge on any atom is -0.495 e. The molecule has 1 heterocycles. The van der Waals surface area contributed by atoms with Gasteiger partial charge in [0.2, 0.25) is 5.96 Å². The average Bonchev–Trinajstić information content (AvgIpc) is 2.89. The summed E-state index contributed by atoms with van der Waals surface area (Å²) in [5.74, 6) is 1.08. The molecule has 0 aliphatic carbocycles. The van der Waals surface area contributed by atoms with Crippen molar-refractivity contribution in [2.45, 2.75) is 0 Å². The van der Waals surface area contributed by atoms with Gasteiger partial charge in [-0.3, -0.25) is 10.1 Å². The van der Waals surface area contributed by atoms with Gasteiger partial charge in [0, 0.05) is 31.7 Å². The number of piperazine rings is 1. The summed E-state index contributed by atoms with van der Waals surface area (Å²) in [6.07, 6.45) is 0. The van der Waals surface area contributed by atoms with Gasteiger partial charge in [0.25, 0.3) is 5.91 Å². The van der Waals surface area contributed by atoms with Gasteiger partial charge >= 0.3 is 0 Å². The molecule has 1 N–H and O–H groups in total. The number of nitrogens with one attached hydrogen (secondary N) is 1. The van der Waals surface area contributed by atoms with E-state index >= 15 is 0 Å². The van der Waals surface area contributed by atoms with Gasteiger partial charge in [-0.1, -0.05) is 24.3 Å². The van der Waals surface area contributed by atoms with Crippen LogP contribution >= 0.6 is 0 Å². The summed E-state index contributed by atoms with van der Waals surface area (Å²) < 4.78 is 24.3. The predicted octanol–water partition coefficient (Wildman–Crippen LogP) is 4.08. The maximum absolute atomic E-state index is 13.3. The topological polar surface area (TPSA) is 66.4 Å². The van der Waals surface area contributed by atoms with Crippen LogP contribution in [-0.4, -0.2) is 57.2 Å². The van der Waals surface area contributed by atoms with Crippen molar-refractivity contribution in [1.82, 2.24) is 10.2 Å². The molecule has 1 saturated heterocycles. The van der Waals surface area contributed by atoms with Crippen molar-refractivity contribution in [2.75, 3.05) is 45.3 Å². The van der Waals surface area contributed by atoms with Gasteiger partial charge in [-0.15, -0.1) is 0 Å². The Morgan fingerprint density at radius 2 is 1.47 bits per heavy atom. The van der Waals surface area contributed by atoms with Gasteiger partial charge in [-0.25, -0.2) is 9.38 Å². The van der Waals surface area contributed by atoms with Crippen molar-refractivity contribution < 1.29 is 18.7 Å². The van der Waals surface area contributed by atoms with E-state index in [1.54, 1.807) is 14.2 Å². The number of guanidine groups is 1. The molecule has 0 bridgehead atoms. The molecule has 176 valence electrons. The number of ether oxygens (including phenoxy) is 2. The molecule has 0 aromatic heterocycles. The molecule has 1 aliphatic heterocycles. The molecule has 34 heavy (non-hydrogen) atoms. The van der Waals surface area contributed by atoms with Crippen LogP contribution < -0.4 is 19.7 Å². The van der Waals surface area contributed by atoms with E-state index in [4.69, 9.17) is 14.5 Å². The third-order valence-corrected chi connectivity index (χ3v) is 5.65. The molecule has 3 aromatic rings. The quantitative estimate of drug-likeness (QED) is 0.457. The van der Waals surface area contributed by atoms with Crippen LogP contribution in [-0.2, 0) is 0 Å². The fourth-order valence-corrected chi connectivity index (χ4v) is 3.84. The van der Waals surface area contributed by atoms with Crippen molar-refractivity contribution in [3.05, 3.63) is 84.2 Å². The first-order valence-electron chi connectivity index (χ1n) is 11.0. The number of methoxy groups -OCH3 is 2. The largest absolute Gasteiger partial charge is 0.495 e. The van der Waals surface area contributed by atoms with E-state index in [0.717, 1.165) is 24.5 Å². The van der Waals surface area contributed by atoms with Crippen LogP contribution in [0, 0.1) is 5.82 Å². The van der Waals surface area contributed by atoms with Crippen molar-refractivity contribution in [3.8, 4) is 11.5 Å². The van der Waals surface area contributed by atoms with Crippen LogP contribution in [0.1, 0.15) is 10.4 Å². The third-order valence-electron chi connectivity index (χ3n) is 5.65. The second-order valence-electron chi connectivity index (χ2n) is 7.71. The van der Waals surface area contributed by atoms with Gasteiger partial charge in [0.1, 0.15) is 23.0 Å². The Morgan fingerprint density at radius 3 is 2.15 bits per heavy atom. The van der Waals surface area contributed by atoms with Crippen molar-refractivity contribution in [2.24, 2.45) is 4.99 Å². The Kier molecular flexibility index (Phi) is 7.27. The second-order valence-corrected chi connectivity index (χ2v) is 7.71.